The summed E-state index contributed by atoms with van der Waals surface area (Å²) in [6.45, 7) is 4.54. The Morgan fingerprint density at radius 2 is 2.02 bits per heavy atom. The van der Waals surface area contributed by atoms with Gasteiger partial charge in [0.05, 0.1) is 22.2 Å². The number of benzene rings is 2. The van der Waals surface area contributed by atoms with Gasteiger partial charge in [0.2, 0.25) is 0 Å². The summed E-state index contributed by atoms with van der Waals surface area (Å²) >= 11 is 6.26. The molecular weight excluding hydrogens is 565 g/mol. The van der Waals surface area contributed by atoms with Gasteiger partial charge in [-0.15, -0.1) is 0 Å². The van der Waals surface area contributed by atoms with Crippen LogP contribution in [0.15, 0.2) is 53.5 Å². The van der Waals surface area contributed by atoms with Crippen molar-refractivity contribution in [2.75, 3.05) is 13.6 Å². The fourth-order valence-corrected chi connectivity index (χ4v) is 6.42. The van der Waals surface area contributed by atoms with E-state index in [1.54, 1.807) is 31.3 Å². The normalized spacial score (nSPS) is 18.2. The maximum absolute atomic E-state index is 15.1. The number of halogens is 2. The molecule has 3 heterocycles. The molecule has 8 nitrogen and oxygen atoms in total. The summed E-state index contributed by atoms with van der Waals surface area (Å²) in [6.07, 6.45) is 8.62. The second-order valence-electron chi connectivity index (χ2n) is 11.9. The highest BCUT2D eigenvalue weighted by Crippen LogP contribution is 2.35. The molecule has 1 aliphatic heterocycles. The summed E-state index contributed by atoms with van der Waals surface area (Å²) in [5, 5.41) is 11.5. The Morgan fingerprint density at radius 1 is 1.26 bits per heavy atom. The molecule has 0 spiro atoms. The molecule has 10 heteroatoms. The molecule has 3 atom stereocenters. The van der Waals surface area contributed by atoms with Gasteiger partial charge < -0.3 is 16.0 Å². The first-order valence-corrected chi connectivity index (χ1v) is 15.5. The zero-order valence-corrected chi connectivity index (χ0v) is 25.8. The largest absolute Gasteiger partial charge is 0.374 e. The van der Waals surface area contributed by atoms with Crippen molar-refractivity contribution >= 4 is 28.5 Å². The first-order chi connectivity index (χ1) is 20.6. The number of nitrogens with two attached hydrogens (primary N) is 1. The summed E-state index contributed by atoms with van der Waals surface area (Å²) in [5.74, 6) is -0.00934. The van der Waals surface area contributed by atoms with Crippen LogP contribution in [0.2, 0.25) is 5.02 Å². The first kappa shape index (κ1) is 30.9. The van der Waals surface area contributed by atoms with Crippen LogP contribution in [0.3, 0.4) is 0 Å². The van der Waals surface area contributed by atoms with Crippen molar-refractivity contribution in [3.63, 3.8) is 0 Å². The summed E-state index contributed by atoms with van der Waals surface area (Å²) in [5.41, 5.74) is 9.59. The molecule has 2 aromatic heterocycles. The molecule has 5 N–H and O–H groups in total. The van der Waals surface area contributed by atoms with Crippen LogP contribution >= 0.6 is 11.6 Å². The monoisotopic (exact) mass is 605 g/mol. The lowest BCUT2D eigenvalue weighted by atomic mass is 9.90. The number of rotatable bonds is 10. The van der Waals surface area contributed by atoms with E-state index in [4.69, 9.17) is 22.7 Å². The van der Waals surface area contributed by atoms with Crippen LogP contribution in [-0.2, 0) is 6.42 Å². The number of H-pyrrole nitrogens is 1. The number of fused-ring (bicyclic) bond motifs is 1. The fraction of sp³-hybridized carbons (Fsp3) is 0.424. The maximum Gasteiger partial charge on any atom is 0.354 e. The minimum Gasteiger partial charge on any atom is -0.374 e. The molecule has 228 valence electrons. The van der Waals surface area contributed by atoms with Gasteiger partial charge in [0.15, 0.2) is 5.82 Å². The van der Waals surface area contributed by atoms with Gasteiger partial charge in [-0.2, -0.15) is 4.98 Å². The van der Waals surface area contributed by atoms with E-state index in [0.717, 1.165) is 62.7 Å². The number of nitrogens with one attached hydrogen (secondary N) is 3. The molecule has 0 aliphatic carbocycles. The second kappa shape index (κ2) is 13.4. The van der Waals surface area contributed by atoms with E-state index in [2.05, 4.69) is 39.4 Å². The molecular formula is C33H41ClFN7O. The molecule has 1 fully saturated rings. The third-order valence-corrected chi connectivity index (χ3v) is 8.79. The van der Waals surface area contributed by atoms with Crippen LogP contribution in [0.1, 0.15) is 69.5 Å². The Hall–Kier alpha value is -3.53. The first-order valence-electron chi connectivity index (χ1n) is 15.1. The number of likely N-dealkylation sites (tertiary alicyclic amines) is 1. The van der Waals surface area contributed by atoms with E-state index in [-0.39, 0.29) is 11.1 Å². The minimum absolute atomic E-state index is 0.0626. The Labute approximate surface area is 257 Å². The average molecular weight is 606 g/mol. The number of nitrogens with zero attached hydrogens (tertiary/aromatic N) is 3. The molecule has 4 aromatic rings. The molecule has 1 aliphatic rings. The van der Waals surface area contributed by atoms with Crippen molar-refractivity contribution in [2.24, 2.45) is 5.73 Å². The van der Waals surface area contributed by atoms with Crippen molar-refractivity contribution in [1.82, 2.24) is 24.8 Å². The lowest BCUT2D eigenvalue weighted by molar-refractivity contribution is 0.109. The van der Waals surface area contributed by atoms with Gasteiger partial charge in [0.25, 0.3) is 0 Å². The van der Waals surface area contributed by atoms with Gasteiger partial charge in [-0.3, -0.25) is 14.9 Å². The van der Waals surface area contributed by atoms with Crippen LogP contribution in [0.5, 0.6) is 0 Å². The molecule has 0 bridgehead atoms. The molecule has 1 saturated heterocycles. The minimum atomic E-state index is -0.508. The molecule has 2 aromatic carbocycles. The number of aromatic nitrogens is 3. The van der Waals surface area contributed by atoms with Gasteiger partial charge in [-0.1, -0.05) is 23.7 Å². The number of amidine groups is 1. The number of hydrogen-bond acceptors (Lipinski definition) is 5. The number of piperidine rings is 1. The Bertz CT molecular complexity index is 1650. The average Bonchev–Trinajstić information content (AvgIpc) is 3.37. The van der Waals surface area contributed by atoms with E-state index in [1.807, 2.05) is 19.1 Å². The van der Waals surface area contributed by atoms with Crippen LogP contribution < -0.4 is 16.7 Å². The highest BCUT2D eigenvalue weighted by atomic mass is 35.5. The third-order valence-electron chi connectivity index (χ3n) is 8.52. The topological polar surface area (TPSA) is 116 Å². The zero-order chi connectivity index (χ0) is 30.7. The summed E-state index contributed by atoms with van der Waals surface area (Å²) in [7, 11) is 2.18. The van der Waals surface area contributed by atoms with Crippen LogP contribution in [0.4, 0.5) is 4.39 Å². The molecule has 5 rings (SSSR count). The number of hydrogen-bond donors (Lipinski definition) is 4. The molecule has 0 amide bonds. The van der Waals surface area contributed by atoms with Crippen LogP contribution in [-0.4, -0.2) is 50.9 Å². The highest BCUT2D eigenvalue weighted by Gasteiger charge is 2.28. The standard InChI is InChI=1S/C33H41ClFN7O/c1-20(36)6-4-7-22-16-27(31(35)28(34)17-22)29-18-24-19-42(33(43)40-32(24)39-29)26-12-10-23(11-13-26)30-9-5-8-25(41(30)3)14-15-38-21(2)37/h10-13,16-20,25,30H,4-9,14-15,36H2,1-3H3,(H2,37,38)(H,39,40,43)/t20-,25-,30-/m0/s1. The maximum atomic E-state index is 15.1. The van der Waals surface area contributed by atoms with Gasteiger partial charge >= 0.3 is 5.69 Å². The Balaban J connectivity index is 1.37. The van der Waals surface area contributed by atoms with Crippen LogP contribution in [0.25, 0.3) is 28.0 Å². The molecule has 0 saturated carbocycles. The van der Waals surface area contributed by atoms with Crippen LogP contribution in [0, 0.1) is 11.2 Å². The highest BCUT2D eigenvalue weighted by molar-refractivity contribution is 6.31. The SMILES string of the molecule is CC(=N)NCC[C@@H]1CCC[C@@H](c2ccc(-n3cc4cc(-c5cc(CCC[C@H](C)N)cc(Cl)c5F)[nH]c4nc3=O)cc2)N1C. The molecule has 43 heavy (non-hydrogen) atoms. The second-order valence-corrected chi connectivity index (χ2v) is 12.3. The lowest BCUT2D eigenvalue weighted by Gasteiger charge is -2.40. The Morgan fingerprint density at radius 3 is 2.74 bits per heavy atom. The van der Waals surface area contributed by atoms with Gasteiger partial charge in [-0.05, 0) is 107 Å². The number of aromatic amines is 1. The van der Waals surface area contributed by atoms with Crippen molar-refractivity contribution in [2.45, 2.75) is 76.9 Å². The molecule has 0 unspecified atom stereocenters. The number of aryl methyl sites for hydroxylation is 1. The quantitative estimate of drug-likeness (QED) is 0.124. The summed E-state index contributed by atoms with van der Waals surface area (Å²) in [4.78, 5) is 22.9. The van der Waals surface area contributed by atoms with Gasteiger partial charge in [-0.25, -0.2) is 9.18 Å². The van der Waals surface area contributed by atoms with Crippen molar-refractivity contribution in [3.05, 3.63) is 81.1 Å². The molecule has 0 radical (unpaired) electrons. The van der Waals surface area contributed by atoms with E-state index >= 15 is 4.39 Å². The third kappa shape index (κ3) is 7.17. The Kier molecular flexibility index (Phi) is 9.64. The lowest BCUT2D eigenvalue weighted by Crippen LogP contribution is -2.40. The van der Waals surface area contributed by atoms with Crippen molar-refractivity contribution in [1.29, 1.82) is 5.41 Å². The van der Waals surface area contributed by atoms with E-state index in [1.165, 1.54) is 10.1 Å². The summed E-state index contributed by atoms with van der Waals surface area (Å²) in [6, 6.07) is 14.2. The predicted octanol–water partition coefficient (Wildman–Crippen LogP) is 6.35. The zero-order valence-electron chi connectivity index (χ0n) is 25.1. The van der Waals surface area contributed by atoms with Gasteiger partial charge in [0, 0.05) is 41.8 Å². The van der Waals surface area contributed by atoms with Crippen molar-refractivity contribution in [3.8, 4) is 16.9 Å². The van der Waals surface area contributed by atoms with E-state index < -0.39 is 11.5 Å². The van der Waals surface area contributed by atoms with E-state index in [9.17, 15) is 4.79 Å². The van der Waals surface area contributed by atoms with E-state index in [0.29, 0.717) is 40.2 Å². The fourth-order valence-electron chi connectivity index (χ4n) is 6.18. The smallest absolute Gasteiger partial charge is 0.354 e. The summed E-state index contributed by atoms with van der Waals surface area (Å²) < 4.78 is 16.7. The van der Waals surface area contributed by atoms with Gasteiger partial charge in [0.1, 0.15) is 5.65 Å². The predicted molar refractivity (Wildman–Crippen MR) is 173 cm³/mol. The van der Waals surface area contributed by atoms with Crippen molar-refractivity contribution < 1.29 is 4.39 Å².